The van der Waals surface area contributed by atoms with E-state index < -0.39 is 0 Å². The van der Waals surface area contributed by atoms with Gasteiger partial charge in [0.15, 0.2) is 0 Å². The van der Waals surface area contributed by atoms with Crippen LogP contribution < -0.4 is 0 Å². The normalized spacial score (nSPS) is 11.4. The largest absolute Gasteiger partial charge is 0.303 e. The second-order valence-corrected chi connectivity index (χ2v) is 8.16. The van der Waals surface area contributed by atoms with Gasteiger partial charge in [0.25, 0.3) is 0 Å². The molecule has 128 valence electrons. The monoisotopic (exact) mass is 358 g/mol. The van der Waals surface area contributed by atoms with Gasteiger partial charge in [0.2, 0.25) is 0 Å². The Hall–Kier alpha value is -1.19. The SMILES string of the molecule is CCCC(C=O)(CSCc1ccccc1)CSCc1ccccc1. The molecule has 0 aliphatic heterocycles. The molecule has 0 aliphatic carbocycles. The highest BCUT2D eigenvalue weighted by Gasteiger charge is 2.28. The molecule has 0 bridgehead atoms. The molecule has 2 aromatic rings. The van der Waals surface area contributed by atoms with E-state index in [0.717, 1.165) is 35.9 Å². The van der Waals surface area contributed by atoms with Crippen molar-refractivity contribution in [2.45, 2.75) is 31.3 Å². The van der Waals surface area contributed by atoms with Crippen LogP contribution in [0.5, 0.6) is 0 Å². The van der Waals surface area contributed by atoms with Gasteiger partial charge in [-0.25, -0.2) is 0 Å². The summed E-state index contributed by atoms with van der Waals surface area (Å²) in [6.07, 6.45) is 3.24. The van der Waals surface area contributed by atoms with Crippen molar-refractivity contribution in [2.75, 3.05) is 11.5 Å². The Labute approximate surface area is 154 Å². The van der Waals surface area contributed by atoms with E-state index in [1.54, 1.807) is 0 Å². The maximum absolute atomic E-state index is 11.9. The molecule has 0 aromatic heterocycles. The summed E-state index contributed by atoms with van der Waals surface area (Å²) in [6.45, 7) is 2.17. The van der Waals surface area contributed by atoms with Crippen molar-refractivity contribution in [2.24, 2.45) is 5.41 Å². The fraction of sp³-hybridized carbons (Fsp3) is 0.381. The molecule has 0 spiro atoms. The van der Waals surface area contributed by atoms with Crippen LogP contribution in [0, 0.1) is 5.41 Å². The first kappa shape index (κ1) is 19.1. The molecule has 2 aromatic carbocycles. The van der Waals surface area contributed by atoms with Crippen LogP contribution in [-0.4, -0.2) is 17.8 Å². The number of carbonyl (C=O) groups excluding carboxylic acids is 1. The highest BCUT2D eigenvalue weighted by atomic mass is 32.2. The average molecular weight is 359 g/mol. The van der Waals surface area contributed by atoms with E-state index in [9.17, 15) is 4.79 Å². The van der Waals surface area contributed by atoms with Crippen LogP contribution in [0.4, 0.5) is 0 Å². The second kappa shape index (κ2) is 10.6. The molecule has 1 nitrogen and oxygen atoms in total. The molecule has 0 atom stereocenters. The Bertz CT molecular complexity index is 538. The van der Waals surface area contributed by atoms with Crippen molar-refractivity contribution in [1.82, 2.24) is 0 Å². The quantitative estimate of drug-likeness (QED) is 0.470. The van der Waals surface area contributed by atoms with Gasteiger partial charge in [-0.2, -0.15) is 23.5 Å². The smallest absolute Gasteiger partial charge is 0.127 e. The minimum atomic E-state index is -0.201. The summed E-state index contributed by atoms with van der Waals surface area (Å²) in [5.41, 5.74) is 2.46. The molecule has 0 saturated carbocycles. The Balaban J connectivity index is 1.86. The van der Waals surface area contributed by atoms with Gasteiger partial charge in [-0.05, 0) is 17.5 Å². The van der Waals surface area contributed by atoms with Crippen molar-refractivity contribution in [1.29, 1.82) is 0 Å². The summed E-state index contributed by atoms with van der Waals surface area (Å²) < 4.78 is 0. The molecule has 3 heteroatoms. The molecule has 0 amide bonds. The first-order valence-electron chi connectivity index (χ1n) is 8.48. The minimum absolute atomic E-state index is 0.201. The number of rotatable bonds is 11. The molecule has 0 heterocycles. The summed E-state index contributed by atoms with van der Waals surface area (Å²) in [5, 5.41) is 0. The standard InChI is InChI=1S/C21H26OS2/c1-2-13-21(16-22,17-23-14-19-9-5-3-6-10-19)18-24-15-20-11-7-4-8-12-20/h3-12,16H,2,13-15,17-18H2,1H3. The molecule has 0 unspecified atom stereocenters. The summed E-state index contributed by atoms with van der Waals surface area (Å²) in [6, 6.07) is 21.0. The Morgan fingerprint density at radius 2 is 1.29 bits per heavy atom. The van der Waals surface area contributed by atoms with Crippen LogP contribution in [0.1, 0.15) is 30.9 Å². The lowest BCUT2D eigenvalue weighted by molar-refractivity contribution is -0.114. The Morgan fingerprint density at radius 3 is 1.67 bits per heavy atom. The fourth-order valence-electron chi connectivity index (χ4n) is 2.70. The lowest BCUT2D eigenvalue weighted by Crippen LogP contribution is -2.29. The zero-order chi connectivity index (χ0) is 17.1. The molecular weight excluding hydrogens is 332 g/mol. The van der Waals surface area contributed by atoms with E-state index >= 15 is 0 Å². The van der Waals surface area contributed by atoms with E-state index in [-0.39, 0.29) is 5.41 Å². The number of carbonyl (C=O) groups is 1. The van der Waals surface area contributed by atoms with Gasteiger partial charge in [-0.15, -0.1) is 0 Å². The van der Waals surface area contributed by atoms with E-state index in [4.69, 9.17) is 0 Å². The van der Waals surface area contributed by atoms with Gasteiger partial charge in [-0.1, -0.05) is 74.0 Å². The molecule has 0 N–H and O–H groups in total. The number of thioether (sulfide) groups is 2. The number of aldehydes is 1. The molecule has 24 heavy (non-hydrogen) atoms. The third-order valence-electron chi connectivity index (χ3n) is 4.00. The highest BCUT2D eigenvalue weighted by molar-refractivity contribution is 7.99. The van der Waals surface area contributed by atoms with Crippen LogP contribution >= 0.6 is 23.5 Å². The van der Waals surface area contributed by atoms with Crippen LogP contribution in [0.2, 0.25) is 0 Å². The molecule has 2 rings (SSSR count). The van der Waals surface area contributed by atoms with Crippen LogP contribution in [0.25, 0.3) is 0 Å². The van der Waals surface area contributed by atoms with Crippen LogP contribution in [0.15, 0.2) is 60.7 Å². The summed E-state index contributed by atoms with van der Waals surface area (Å²) in [4.78, 5) is 11.9. The highest BCUT2D eigenvalue weighted by Crippen LogP contribution is 2.33. The molecule has 0 radical (unpaired) electrons. The van der Waals surface area contributed by atoms with Gasteiger partial charge in [0.1, 0.15) is 6.29 Å². The van der Waals surface area contributed by atoms with Crippen molar-refractivity contribution in [3.63, 3.8) is 0 Å². The Kier molecular flexibility index (Phi) is 8.48. The first-order chi connectivity index (χ1) is 11.8. The molecule has 0 fully saturated rings. The predicted molar refractivity (Wildman–Crippen MR) is 109 cm³/mol. The van der Waals surface area contributed by atoms with Crippen molar-refractivity contribution in [3.8, 4) is 0 Å². The maximum atomic E-state index is 11.9. The van der Waals surface area contributed by atoms with E-state index in [1.807, 2.05) is 35.7 Å². The first-order valence-corrected chi connectivity index (χ1v) is 10.8. The lowest BCUT2D eigenvalue weighted by atomic mass is 9.89. The van der Waals surface area contributed by atoms with Crippen LogP contribution in [-0.2, 0) is 16.3 Å². The predicted octanol–water partition coefficient (Wildman–Crippen LogP) is 5.84. The second-order valence-electron chi connectivity index (χ2n) is 6.19. The topological polar surface area (TPSA) is 17.1 Å². The van der Waals surface area contributed by atoms with Crippen molar-refractivity contribution < 1.29 is 4.79 Å². The summed E-state index contributed by atoms with van der Waals surface area (Å²) >= 11 is 3.76. The van der Waals surface area contributed by atoms with Gasteiger partial charge < -0.3 is 4.79 Å². The zero-order valence-corrected chi connectivity index (χ0v) is 16.0. The minimum Gasteiger partial charge on any atom is -0.303 e. The zero-order valence-electron chi connectivity index (χ0n) is 14.3. The third kappa shape index (κ3) is 6.37. The summed E-state index contributed by atoms with van der Waals surface area (Å²) in [5.74, 6) is 3.76. The third-order valence-corrected chi connectivity index (χ3v) is 6.63. The number of hydrogen-bond donors (Lipinski definition) is 0. The number of hydrogen-bond acceptors (Lipinski definition) is 3. The van der Waals surface area contributed by atoms with Crippen molar-refractivity contribution in [3.05, 3.63) is 71.8 Å². The fourth-order valence-corrected chi connectivity index (χ4v) is 5.34. The average Bonchev–Trinajstić information content (AvgIpc) is 2.63. The molecular formula is C21H26OS2. The van der Waals surface area contributed by atoms with Gasteiger partial charge >= 0.3 is 0 Å². The lowest BCUT2D eigenvalue weighted by Gasteiger charge is -2.27. The molecule has 0 aliphatic rings. The van der Waals surface area contributed by atoms with E-state index in [1.165, 1.54) is 17.4 Å². The van der Waals surface area contributed by atoms with Gasteiger partial charge in [-0.3, -0.25) is 0 Å². The number of benzene rings is 2. The van der Waals surface area contributed by atoms with E-state index in [2.05, 4.69) is 55.5 Å². The molecule has 0 saturated heterocycles. The Morgan fingerprint density at radius 1 is 0.833 bits per heavy atom. The maximum Gasteiger partial charge on any atom is 0.127 e. The van der Waals surface area contributed by atoms with Crippen molar-refractivity contribution >= 4 is 29.8 Å². The summed E-state index contributed by atoms with van der Waals surface area (Å²) in [7, 11) is 0. The van der Waals surface area contributed by atoms with Crippen LogP contribution in [0.3, 0.4) is 0 Å². The van der Waals surface area contributed by atoms with Gasteiger partial charge in [0.05, 0.1) is 0 Å². The van der Waals surface area contributed by atoms with Gasteiger partial charge in [0, 0.05) is 28.4 Å². The van der Waals surface area contributed by atoms with E-state index in [0.29, 0.717) is 0 Å².